The van der Waals surface area contributed by atoms with Crippen molar-refractivity contribution >= 4 is 12.2 Å². The normalized spacial score (nSPS) is 11.7. The van der Waals surface area contributed by atoms with Gasteiger partial charge in [0.15, 0.2) is 0 Å². The summed E-state index contributed by atoms with van der Waals surface area (Å²) in [5, 5.41) is 0. The number of benzene rings is 2. The summed E-state index contributed by atoms with van der Waals surface area (Å²) in [6.07, 6.45) is 43.8. The zero-order valence-corrected chi connectivity index (χ0v) is 36.4. The molecule has 0 atom stereocenters. The third-order valence-electron chi connectivity index (χ3n) is 11.2. The number of likely N-dealkylation sites (N-methyl/N-ethyl adjacent to an activating group) is 1. The Morgan fingerprint density at radius 1 is 0.491 bits per heavy atom. The molecule has 0 spiro atoms. The van der Waals surface area contributed by atoms with E-state index in [0.29, 0.717) is 6.61 Å². The summed E-state index contributed by atoms with van der Waals surface area (Å²) in [6.45, 7) is 18.9. The average Bonchev–Trinajstić information content (AvgIpc) is 3.20. The topological polar surface area (TPSA) is 12.5 Å². The number of hydrogen-bond donors (Lipinski definition) is 0. The second kappa shape index (κ2) is 34.4. The maximum absolute atomic E-state index is 5.97. The van der Waals surface area contributed by atoms with Gasteiger partial charge in [-0.1, -0.05) is 235 Å². The minimum atomic E-state index is 0.658. The molecule has 0 aliphatic carbocycles. The molecule has 0 aliphatic rings. The number of hydrogen-bond acceptors (Lipinski definition) is 2. The van der Waals surface area contributed by atoms with Crippen LogP contribution in [-0.4, -0.2) is 31.1 Å². The molecule has 308 valence electrons. The van der Waals surface area contributed by atoms with E-state index >= 15 is 0 Å². The van der Waals surface area contributed by atoms with Crippen molar-refractivity contribution in [1.29, 1.82) is 0 Å². The highest BCUT2D eigenvalue weighted by Gasteiger charge is 2.04. The Hall–Kier alpha value is -2.84. The van der Waals surface area contributed by atoms with Crippen LogP contribution < -0.4 is 0 Å². The number of nitrogens with zero attached hydrogens (tertiary/aromatic N) is 1. The summed E-state index contributed by atoms with van der Waals surface area (Å²) in [5.41, 5.74) is 6.56. The van der Waals surface area contributed by atoms with Gasteiger partial charge >= 0.3 is 0 Å². The third kappa shape index (κ3) is 27.4. The summed E-state index contributed by atoms with van der Waals surface area (Å²) in [4.78, 5) is 2.46. The zero-order chi connectivity index (χ0) is 39.4. The van der Waals surface area contributed by atoms with E-state index in [0.717, 1.165) is 38.2 Å². The van der Waals surface area contributed by atoms with E-state index in [1.165, 1.54) is 182 Å². The monoisotopic (exact) mass is 752 g/mol. The Labute approximate surface area is 342 Å². The van der Waals surface area contributed by atoms with Gasteiger partial charge in [-0.3, -0.25) is 0 Å². The fourth-order valence-electron chi connectivity index (χ4n) is 7.38. The van der Waals surface area contributed by atoms with Crippen molar-refractivity contribution in [2.24, 2.45) is 0 Å². The minimum absolute atomic E-state index is 0.658. The van der Waals surface area contributed by atoms with Crippen LogP contribution in [0.25, 0.3) is 12.2 Å². The van der Waals surface area contributed by atoms with Gasteiger partial charge in [-0.2, -0.15) is 0 Å². The van der Waals surface area contributed by atoms with Crippen molar-refractivity contribution in [1.82, 2.24) is 4.90 Å². The number of unbranched alkanes of at least 4 members (excludes halogenated alkanes) is 20. The van der Waals surface area contributed by atoms with E-state index in [-0.39, 0.29) is 0 Å². The molecular weight excluding hydrogens is 667 g/mol. The van der Waals surface area contributed by atoms with Crippen LogP contribution >= 0.6 is 0 Å². The first-order valence-electron chi connectivity index (χ1n) is 23.3. The van der Waals surface area contributed by atoms with Gasteiger partial charge in [0.1, 0.15) is 12.4 Å². The highest BCUT2D eigenvalue weighted by molar-refractivity contribution is 5.53. The van der Waals surface area contributed by atoms with Crippen LogP contribution in [0.5, 0.6) is 0 Å². The largest absolute Gasteiger partial charge is 0.493 e. The fraction of sp³-hybridized carbons (Fsp3) is 0.623. The van der Waals surface area contributed by atoms with Crippen molar-refractivity contribution in [3.05, 3.63) is 107 Å². The van der Waals surface area contributed by atoms with E-state index in [1.54, 1.807) is 0 Å². The number of rotatable bonds is 37. The molecule has 2 heteroatoms. The summed E-state index contributed by atoms with van der Waals surface area (Å²) in [5.74, 6) is 0.724. The van der Waals surface area contributed by atoms with Crippen LogP contribution in [-0.2, 0) is 17.6 Å². The predicted molar refractivity (Wildman–Crippen MR) is 247 cm³/mol. The Morgan fingerprint density at radius 2 is 0.891 bits per heavy atom. The van der Waals surface area contributed by atoms with Gasteiger partial charge in [0.2, 0.25) is 0 Å². The Morgan fingerprint density at radius 3 is 1.31 bits per heavy atom. The predicted octanol–water partition coefficient (Wildman–Crippen LogP) is 16.3. The summed E-state index contributed by atoms with van der Waals surface area (Å²) < 4.78 is 5.97. The standard InChI is InChI=1S/C53H85NO/c1-6-9-11-13-15-17-19-21-23-25-27-31-50-37-41-52(42-38-50)35-33-48(4)30-29-45-54(8-3)46-47-55-49(5)34-36-53-43-39-51(40-44-53)32-28-26-24-22-20-18-16-14-12-10-7-2/h33-44H,4-32,45-47H2,1-3H3/b35-33+,36-34+. The lowest BCUT2D eigenvalue weighted by Crippen LogP contribution is -2.28. The van der Waals surface area contributed by atoms with Crippen molar-refractivity contribution in [2.75, 3.05) is 26.2 Å². The minimum Gasteiger partial charge on any atom is -0.493 e. The molecule has 0 aliphatic heterocycles. The smallest absolute Gasteiger partial charge is 0.112 e. The molecule has 0 N–H and O–H groups in total. The number of aryl methyl sites for hydroxylation is 2. The van der Waals surface area contributed by atoms with Crippen molar-refractivity contribution in [3.8, 4) is 0 Å². The van der Waals surface area contributed by atoms with Gasteiger partial charge < -0.3 is 9.64 Å². The molecule has 0 bridgehead atoms. The summed E-state index contributed by atoms with van der Waals surface area (Å²) in [6, 6.07) is 18.1. The molecule has 0 amide bonds. The average molecular weight is 752 g/mol. The molecule has 0 unspecified atom stereocenters. The molecular formula is C53H85NO. The van der Waals surface area contributed by atoms with Gasteiger partial charge in [-0.25, -0.2) is 0 Å². The van der Waals surface area contributed by atoms with Gasteiger partial charge in [0, 0.05) is 6.54 Å². The SMILES string of the molecule is C=C(/C=C/c1ccc(CCCCCCCCCCCCC)cc1)CCCN(CC)CCOC(=C)/C=C/c1ccc(CCCCCCCCCCCCC)cc1. The fourth-order valence-corrected chi connectivity index (χ4v) is 7.38. The van der Waals surface area contributed by atoms with E-state index in [9.17, 15) is 0 Å². The molecule has 55 heavy (non-hydrogen) atoms. The van der Waals surface area contributed by atoms with Crippen LogP contribution in [0.2, 0.25) is 0 Å². The first-order chi connectivity index (χ1) is 27.0. The van der Waals surface area contributed by atoms with Crippen molar-refractivity contribution in [2.45, 2.75) is 188 Å². The Kier molecular flexibility index (Phi) is 30.2. The first kappa shape index (κ1) is 48.3. The summed E-state index contributed by atoms with van der Waals surface area (Å²) >= 11 is 0. The molecule has 2 nitrogen and oxygen atoms in total. The highest BCUT2D eigenvalue weighted by Crippen LogP contribution is 2.17. The maximum atomic E-state index is 5.97. The lowest BCUT2D eigenvalue weighted by Gasteiger charge is -2.20. The van der Waals surface area contributed by atoms with E-state index in [1.807, 2.05) is 6.08 Å². The number of ether oxygens (including phenoxy) is 1. The molecule has 2 aromatic carbocycles. The van der Waals surface area contributed by atoms with Gasteiger partial charge in [0.25, 0.3) is 0 Å². The van der Waals surface area contributed by atoms with E-state index in [2.05, 4.69) is 106 Å². The van der Waals surface area contributed by atoms with Crippen LogP contribution in [0.15, 0.2) is 85.2 Å². The van der Waals surface area contributed by atoms with Crippen molar-refractivity contribution in [3.63, 3.8) is 0 Å². The molecule has 0 radical (unpaired) electrons. The van der Waals surface area contributed by atoms with Gasteiger partial charge in [-0.15, -0.1) is 0 Å². The van der Waals surface area contributed by atoms with Crippen LogP contribution in [0.1, 0.15) is 197 Å². The van der Waals surface area contributed by atoms with E-state index < -0.39 is 0 Å². The van der Waals surface area contributed by atoms with Crippen LogP contribution in [0.3, 0.4) is 0 Å². The van der Waals surface area contributed by atoms with E-state index in [4.69, 9.17) is 4.74 Å². The molecule has 0 saturated heterocycles. The lowest BCUT2D eigenvalue weighted by molar-refractivity contribution is 0.168. The quantitative estimate of drug-likeness (QED) is 0.0387. The van der Waals surface area contributed by atoms with Crippen LogP contribution in [0, 0.1) is 0 Å². The third-order valence-corrected chi connectivity index (χ3v) is 11.2. The molecule has 2 aromatic rings. The highest BCUT2D eigenvalue weighted by atomic mass is 16.5. The molecule has 0 heterocycles. The van der Waals surface area contributed by atoms with Crippen molar-refractivity contribution < 1.29 is 4.74 Å². The lowest BCUT2D eigenvalue weighted by atomic mass is 10.0. The molecule has 0 aromatic heterocycles. The maximum Gasteiger partial charge on any atom is 0.112 e. The zero-order valence-electron chi connectivity index (χ0n) is 36.4. The molecule has 2 rings (SSSR count). The summed E-state index contributed by atoms with van der Waals surface area (Å²) in [7, 11) is 0. The Balaban J connectivity index is 1.50. The molecule has 0 fully saturated rings. The van der Waals surface area contributed by atoms with Gasteiger partial charge in [0.05, 0.1) is 0 Å². The van der Waals surface area contributed by atoms with Crippen LogP contribution in [0.4, 0.5) is 0 Å². The second-order valence-corrected chi connectivity index (χ2v) is 16.2. The molecule has 0 saturated carbocycles. The first-order valence-corrected chi connectivity index (χ1v) is 23.3. The number of allylic oxidation sites excluding steroid dienone is 3. The Bertz CT molecular complexity index is 1150. The second-order valence-electron chi connectivity index (χ2n) is 16.2. The van der Waals surface area contributed by atoms with Gasteiger partial charge in [-0.05, 0) is 79.9 Å².